The fraction of sp³-hybridized carbons (Fsp3) is 0.176. The normalized spacial score (nSPS) is 13.5. The maximum Gasteiger partial charge on any atom is 0.257 e. The molecule has 1 aliphatic carbocycles. The Labute approximate surface area is 137 Å². The molecule has 0 spiro atoms. The van der Waals surface area contributed by atoms with Gasteiger partial charge in [0, 0.05) is 17.3 Å². The quantitative estimate of drug-likeness (QED) is 0.886. The Morgan fingerprint density at radius 1 is 1.04 bits per heavy atom. The maximum absolute atomic E-state index is 13.0. The third-order valence-electron chi connectivity index (χ3n) is 3.51. The highest BCUT2D eigenvalue weighted by Crippen LogP contribution is 2.30. The number of anilines is 2. The molecule has 2 aromatic carbocycles. The summed E-state index contributed by atoms with van der Waals surface area (Å²) < 4.78 is 13.0. The minimum atomic E-state index is -0.503. The Kier molecular flexibility index (Phi) is 4.30. The minimum Gasteiger partial charge on any atom is -0.326 e. The Morgan fingerprint density at radius 3 is 2.39 bits per heavy atom. The molecular weight excluding hydrogens is 319 g/mol. The summed E-state index contributed by atoms with van der Waals surface area (Å²) in [6.07, 6.45) is 1.84. The zero-order chi connectivity index (χ0) is 16.4. The van der Waals surface area contributed by atoms with Gasteiger partial charge in [-0.05, 0) is 49.2 Å². The van der Waals surface area contributed by atoms with Crippen molar-refractivity contribution in [3.05, 3.63) is 58.9 Å². The van der Waals surface area contributed by atoms with E-state index in [9.17, 15) is 14.0 Å². The number of nitrogens with one attached hydrogen (secondary N) is 2. The maximum atomic E-state index is 13.0. The van der Waals surface area contributed by atoms with Crippen molar-refractivity contribution in [3.8, 4) is 0 Å². The number of halogens is 2. The predicted octanol–water partition coefficient (Wildman–Crippen LogP) is 4.08. The van der Waals surface area contributed by atoms with Gasteiger partial charge in [-0.1, -0.05) is 17.7 Å². The highest BCUT2D eigenvalue weighted by Gasteiger charge is 2.29. The van der Waals surface area contributed by atoms with E-state index in [2.05, 4.69) is 10.6 Å². The summed E-state index contributed by atoms with van der Waals surface area (Å²) in [6.45, 7) is 0. The molecule has 1 aliphatic rings. The minimum absolute atomic E-state index is 0.00458. The summed E-state index contributed by atoms with van der Waals surface area (Å²) in [5.41, 5.74) is 1.31. The summed E-state index contributed by atoms with van der Waals surface area (Å²) in [5.74, 6) is -0.849. The van der Waals surface area contributed by atoms with Crippen LogP contribution in [0.5, 0.6) is 0 Å². The molecule has 2 N–H and O–H groups in total. The van der Waals surface area contributed by atoms with E-state index in [1.807, 2.05) is 0 Å². The molecule has 1 saturated carbocycles. The third-order valence-corrected chi connectivity index (χ3v) is 3.82. The first-order chi connectivity index (χ1) is 11.0. The Morgan fingerprint density at radius 2 is 1.74 bits per heavy atom. The van der Waals surface area contributed by atoms with Crippen molar-refractivity contribution < 1.29 is 14.0 Å². The lowest BCUT2D eigenvalue weighted by atomic mass is 10.2. The second-order valence-electron chi connectivity index (χ2n) is 5.42. The molecule has 6 heteroatoms. The molecule has 0 aliphatic heterocycles. The zero-order valence-corrected chi connectivity index (χ0v) is 12.9. The molecule has 0 radical (unpaired) electrons. The average Bonchev–Trinajstić information content (AvgIpc) is 3.32. The Hall–Kier alpha value is -2.40. The van der Waals surface area contributed by atoms with Gasteiger partial charge in [0.25, 0.3) is 5.91 Å². The van der Waals surface area contributed by atoms with Gasteiger partial charge in [-0.15, -0.1) is 0 Å². The van der Waals surface area contributed by atoms with Gasteiger partial charge >= 0.3 is 0 Å². The number of carbonyl (C=O) groups excluding carboxylic acids is 2. The standard InChI is InChI=1S/C17H14ClFN2O2/c18-15-8-11(19)6-7-14(15)17(23)21-13-3-1-2-12(9-13)20-16(22)10-4-5-10/h1-3,6-10H,4-5H2,(H,20,22)(H,21,23). The van der Waals surface area contributed by atoms with Crippen molar-refractivity contribution in [2.45, 2.75) is 12.8 Å². The van der Waals surface area contributed by atoms with Crippen LogP contribution in [0.1, 0.15) is 23.2 Å². The van der Waals surface area contributed by atoms with Crippen LogP contribution < -0.4 is 10.6 Å². The largest absolute Gasteiger partial charge is 0.326 e. The van der Waals surface area contributed by atoms with Crippen LogP contribution >= 0.6 is 11.6 Å². The number of amides is 2. The lowest BCUT2D eigenvalue weighted by Crippen LogP contribution is -2.15. The molecule has 3 rings (SSSR count). The van der Waals surface area contributed by atoms with Gasteiger partial charge in [-0.25, -0.2) is 4.39 Å². The summed E-state index contributed by atoms with van der Waals surface area (Å²) in [6, 6.07) is 10.4. The van der Waals surface area contributed by atoms with Crippen molar-refractivity contribution >= 4 is 34.8 Å². The van der Waals surface area contributed by atoms with E-state index < -0.39 is 11.7 Å². The molecule has 1 fully saturated rings. The van der Waals surface area contributed by atoms with Crippen LogP contribution in [-0.2, 0) is 4.79 Å². The van der Waals surface area contributed by atoms with E-state index in [1.165, 1.54) is 12.1 Å². The molecule has 118 valence electrons. The van der Waals surface area contributed by atoms with Crippen LogP contribution in [0, 0.1) is 11.7 Å². The third kappa shape index (κ3) is 3.87. The summed E-state index contributed by atoms with van der Waals surface area (Å²) in [5, 5.41) is 5.53. The number of rotatable bonds is 4. The number of hydrogen-bond acceptors (Lipinski definition) is 2. The van der Waals surface area contributed by atoms with Gasteiger partial charge < -0.3 is 10.6 Å². The molecule has 0 atom stereocenters. The van der Waals surface area contributed by atoms with E-state index in [-0.39, 0.29) is 22.4 Å². The SMILES string of the molecule is O=C(Nc1cccc(NC(=O)C2CC2)c1)c1ccc(F)cc1Cl. The van der Waals surface area contributed by atoms with Gasteiger partial charge in [0.15, 0.2) is 0 Å². The first-order valence-corrected chi connectivity index (χ1v) is 7.58. The fourth-order valence-corrected chi connectivity index (χ4v) is 2.39. The van der Waals surface area contributed by atoms with Crippen LogP contribution in [0.2, 0.25) is 5.02 Å². The second kappa shape index (κ2) is 6.38. The molecule has 0 bridgehead atoms. The zero-order valence-electron chi connectivity index (χ0n) is 12.1. The van der Waals surface area contributed by atoms with Crippen LogP contribution in [0.15, 0.2) is 42.5 Å². The molecule has 0 heterocycles. The summed E-state index contributed by atoms with van der Waals surface area (Å²) in [4.78, 5) is 23.9. The van der Waals surface area contributed by atoms with Crippen LogP contribution in [0.3, 0.4) is 0 Å². The van der Waals surface area contributed by atoms with Crippen molar-refractivity contribution in [2.24, 2.45) is 5.92 Å². The van der Waals surface area contributed by atoms with E-state index >= 15 is 0 Å². The predicted molar refractivity (Wildman–Crippen MR) is 87.2 cm³/mol. The number of carbonyl (C=O) groups is 2. The van der Waals surface area contributed by atoms with E-state index in [0.717, 1.165) is 18.9 Å². The van der Waals surface area contributed by atoms with Crippen molar-refractivity contribution in [3.63, 3.8) is 0 Å². The Balaban J connectivity index is 1.71. The van der Waals surface area contributed by atoms with Gasteiger partial charge in [0.1, 0.15) is 5.82 Å². The molecule has 0 unspecified atom stereocenters. The molecular formula is C17H14ClFN2O2. The molecule has 2 aromatic rings. The second-order valence-corrected chi connectivity index (χ2v) is 5.83. The highest BCUT2D eigenvalue weighted by molar-refractivity contribution is 6.34. The monoisotopic (exact) mass is 332 g/mol. The van der Waals surface area contributed by atoms with Gasteiger partial charge in [-0.2, -0.15) is 0 Å². The summed E-state index contributed by atoms with van der Waals surface area (Å²) in [7, 11) is 0. The van der Waals surface area contributed by atoms with Crippen LogP contribution in [0.25, 0.3) is 0 Å². The first kappa shape index (κ1) is 15.5. The molecule has 2 amide bonds. The molecule has 23 heavy (non-hydrogen) atoms. The van der Waals surface area contributed by atoms with Gasteiger partial charge in [-0.3, -0.25) is 9.59 Å². The average molecular weight is 333 g/mol. The van der Waals surface area contributed by atoms with Crippen LogP contribution in [0.4, 0.5) is 15.8 Å². The molecule has 0 saturated heterocycles. The van der Waals surface area contributed by atoms with E-state index in [4.69, 9.17) is 11.6 Å². The van der Waals surface area contributed by atoms with E-state index in [1.54, 1.807) is 24.3 Å². The lowest BCUT2D eigenvalue weighted by molar-refractivity contribution is -0.117. The smallest absolute Gasteiger partial charge is 0.257 e. The van der Waals surface area contributed by atoms with Crippen LogP contribution in [-0.4, -0.2) is 11.8 Å². The molecule has 0 aromatic heterocycles. The lowest BCUT2D eigenvalue weighted by Gasteiger charge is -2.09. The number of hydrogen-bond donors (Lipinski definition) is 2. The first-order valence-electron chi connectivity index (χ1n) is 7.20. The van der Waals surface area contributed by atoms with Gasteiger partial charge in [0.2, 0.25) is 5.91 Å². The highest BCUT2D eigenvalue weighted by atomic mass is 35.5. The molecule has 4 nitrogen and oxygen atoms in total. The Bertz CT molecular complexity index is 775. The topological polar surface area (TPSA) is 58.2 Å². The summed E-state index contributed by atoms with van der Waals surface area (Å²) >= 11 is 5.87. The van der Waals surface area contributed by atoms with Crippen molar-refractivity contribution in [1.29, 1.82) is 0 Å². The fourth-order valence-electron chi connectivity index (χ4n) is 2.14. The number of benzene rings is 2. The van der Waals surface area contributed by atoms with E-state index in [0.29, 0.717) is 11.4 Å². The van der Waals surface area contributed by atoms with Crippen molar-refractivity contribution in [2.75, 3.05) is 10.6 Å². The van der Waals surface area contributed by atoms with Crippen molar-refractivity contribution in [1.82, 2.24) is 0 Å². The van der Waals surface area contributed by atoms with Gasteiger partial charge in [0.05, 0.1) is 10.6 Å².